The van der Waals surface area contributed by atoms with Crippen molar-refractivity contribution in [2.45, 2.75) is 19.3 Å². The number of nitrogens with zero attached hydrogens (tertiary/aromatic N) is 2. The van der Waals surface area contributed by atoms with Gasteiger partial charge in [-0.2, -0.15) is 3.71 Å². The van der Waals surface area contributed by atoms with Crippen molar-refractivity contribution in [3.05, 3.63) is 76.8 Å². The van der Waals surface area contributed by atoms with Gasteiger partial charge >= 0.3 is 0 Å². The van der Waals surface area contributed by atoms with Crippen molar-refractivity contribution < 1.29 is 21.6 Å². The van der Waals surface area contributed by atoms with Gasteiger partial charge in [-0.25, -0.2) is 21.8 Å². The molecule has 0 bridgehead atoms. The molecule has 0 fully saturated rings. The van der Waals surface area contributed by atoms with Gasteiger partial charge in [-0.3, -0.25) is 4.79 Å². The van der Waals surface area contributed by atoms with Crippen LogP contribution >= 0.6 is 11.3 Å². The van der Waals surface area contributed by atoms with E-state index in [2.05, 4.69) is 10.3 Å². The Hall–Kier alpha value is -2.76. The van der Waals surface area contributed by atoms with Crippen LogP contribution < -0.4 is 9.03 Å². The fourth-order valence-electron chi connectivity index (χ4n) is 4.52. The van der Waals surface area contributed by atoms with Crippen LogP contribution in [0, 0.1) is 5.41 Å². The molecule has 33 heavy (non-hydrogen) atoms. The summed E-state index contributed by atoms with van der Waals surface area (Å²) in [4.78, 5) is 17.6. The predicted octanol–water partition coefficient (Wildman–Crippen LogP) is 3.20. The van der Waals surface area contributed by atoms with Crippen molar-refractivity contribution in [1.82, 2.24) is 4.98 Å². The van der Waals surface area contributed by atoms with Gasteiger partial charge in [0.15, 0.2) is 5.13 Å². The first-order valence-electron chi connectivity index (χ1n) is 10.0. The molecule has 2 aromatic carbocycles. The van der Waals surface area contributed by atoms with Crippen molar-refractivity contribution in [2.75, 3.05) is 21.5 Å². The highest BCUT2D eigenvalue weighted by molar-refractivity contribution is 8.09. The van der Waals surface area contributed by atoms with E-state index in [1.165, 1.54) is 17.4 Å². The molecule has 0 saturated carbocycles. The number of carbonyl (C=O) groups is 1. The molecular weight excluding hydrogens is 482 g/mol. The predicted molar refractivity (Wildman–Crippen MR) is 129 cm³/mol. The molecule has 1 N–H and O–H groups in total. The van der Waals surface area contributed by atoms with Crippen LogP contribution in [0.2, 0.25) is 0 Å². The maximum atomic E-state index is 13.5. The zero-order valence-corrected chi connectivity index (χ0v) is 20.7. The fourth-order valence-corrected chi connectivity index (χ4v) is 8.01. The van der Waals surface area contributed by atoms with E-state index in [4.69, 9.17) is 0 Å². The molecule has 11 heteroatoms. The molecule has 1 amide bonds. The molecule has 2 unspecified atom stereocenters. The number of carbonyl (C=O) groups excluding carboxylic acids is 1. The lowest BCUT2D eigenvalue weighted by Gasteiger charge is -2.31. The first kappa shape index (κ1) is 23.4. The summed E-state index contributed by atoms with van der Waals surface area (Å²) in [6.45, 7) is 1.86. The number of benzene rings is 2. The van der Waals surface area contributed by atoms with Crippen molar-refractivity contribution in [3.63, 3.8) is 0 Å². The van der Waals surface area contributed by atoms with Gasteiger partial charge in [0.05, 0.1) is 23.6 Å². The summed E-state index contributed by atoms with van der Waals surface area (Å²) in [6, 6.07) is 14.2. The first-order chi connectivity index (χ1) is 15.4. The molecule has 0 saturated heterocycles. The summed E-state index contributed by atoms with van der Waals surface area (Å²) in [7, 11) is -8.19. The van der Waals surface area contributed by atoms with Gasteiger partial charge < -0.3 is 5.32 Å². The first-order valence-corrected chi connectivity index (χ1v) is 14.6. The standard InChI is InChI=1S/C22H23N3O5S3/c1-22(20(26)24-21-23-11-12-31-21)14-16-9-10-17(25(32(2,27)28)33(3,29)30)13-18(16)19(22)15-7-5-4-6-8-15/h4-13,19H,14H2,1-3H3,(H,23,24,26). The van der Waals surface area contributed by atoms with E-state index in [0.717, 1.165) is 23.6 Å². The zero-order valence-electron chi connectivity index (χ0n) is 18.2. The van der Waals surface area contributed by atoms with Crippen LogP contribution in [-0.4, -0.2) is 40.2 Å². The number of amides is 1. The Morgan fingerprint density at radius 3 is 2.33 bits per heavy atom. The molecule has 174 valence electrons. The van der Waals surface area contributed by atoms with Gasteiger partial charge in [-0.05, 0) is 42.2 Å². The number of anilines is 2. The van der Waals surface area contributed by atoms with E-state index in [1.54, 1.807) is 23.7 Å². The third-order valence-corrected chi connectivity index (χ3v) is 9.69. The van der Waals surface area contributed by atoms with E-state index >= 15 is 0 Å². The molecule has 0 radical (unpaired) electrons. The third kappa shape index (κ3) is 4.40. The van der Waals surface area contributed by atoms with Crippen LogP contribution in [0.4, 0.5) is 10.8 Å². The molecular formula is C22H23N3O5S3. The van der Waals surface area contributed by atoms with E-state index in [9.17, 15) is 21.6 Å². The molecule has 2 atom stereocenters. The van der Waals surface area contributed by atoms with Gasteiger partial charge in [0.2, 0.25) is 26.0 Å². The van der Waals surface area contributed by atoms with Gasteiger partial charge in [0.25, 0.3) is 0 Å². The topological polar surface area (TPSA) is 114 Å². The number of nitrogens with one attached hydrogen (secondary N) is 1. The van der Waals surface area contributed by atoms with Gasteiger partial charge in [-0.1, -0.05) is 36.4 Å². The van der Waals surface area contributed by atoms with Crippen LogP contribution in [0.5, 0.6) is 0 Å². The molecule has 4 rings (SSSR count). The minimum atomic E-state index is -4.10. The van der Waals surface area contributed by atoms with E-state index < -0.39 is 31.4 Å². The SMILES string of the molecule is CC1(C(=O)Nc2nccs2)Cc2ccc(N(S(C)(=O)=O)S(C)(=O)=O)cc2C1c1ccccc1. The molecule has 1 aliphatic rings. The summed E-state index contributed by atoms with van der Waals surface area (Å²) in [5.74, 6) is -0.637. The van der Waals surface area contributed by atoms with Crippen LogP contribution in [0.15, 0.2) is 60.1 Å². The Balaban J connectivity index is 1.86. The number of hydrogen-bond acceptors (Lipinski definition) is 7. The smallest absolute Gasteiger partial charge is 0.245 e. The molecule has 1 aliphatic carbocycles. The Kier molecular flexibility index (Phi) is 5.83. The lowest BCUT2D eigenvalue weighted by atomic mass is 9.73. The highest BCUT2D eigenvalue weighted by Crippen LogP contribution is 2.52. The minimum absolute atomic E-state index is 0.0178. The van der Waals surface area contributed by atoms with Gasteiger partial charge in [0, 0.05) is 17.5 Å². The summed E-state index contributed by atoms with van der Waals surface area (Å²) in [6.07, 6.45) is 3.71. The lowest BCUT2D eigenvalue weighted by Crippen LogP contribution is -2.37. The van der Waals surface area contributed by atoms with E-state index in [-0.39, 0.29) is 11.6 Å². The number of aromatic nitrogens is 1. The fraction of sp³-hybridized carbons (Fsp3) is 0.273. The third-order valence-electron chi connectivity index (χ3n) is 5.75. The van der Waals surface area contributed by atoms with Crippen LogP contribution in [0.1, 0.15) is 29.5 Å². The molecule has 0 aliphatic heterocycles. The number of sulfonamides is 2. The van der Waals surface area contributed by atoms with E-state index in [1.807, 2.05) is 37.3 Å². The maximum absolute atomic E-state index is 13.5. The second-order valence-electron chi connectivity index (χ2n) is 8.34. The van der Waals surface area contributed by atoms with Crippen LogP contribution in [0.25, 0.3) is 0 Å². The molecule has 1 aromatic heterocycles. The van der Waals surface area contributed by atoms with Crippen molar-refractivity contribution in [2.24, 2.45) is 5.41 Å². The van der Waals surface area contributed by atoms with E-state index in [0.29, 0.717) is 20.8 Å². The number of hydrogen-bond donors (Lipinski definition) is 1. The average Bonchev–Trinajstić information content (AvgIpc) is 3.32. The highest BCUT2D eigenvalue weighted by Gasteiger charge is 2.49. The normalized spacial score (nSPS) is 20.3. The highest BCUT2D eigenvalue weighted by atomic mass is 32.3. The van der Waals surface area contributed by atoms with Gasteiger partial charge in [-0.15, -0.1) is 11.3 Å². The lowest BCUT2D eigenvalue weighted by molar-refractivity contribution is -0.125. The Morgan fingerprint density at radius 2 is 1.76 bits per heavy atom. The molecule has 1 heterocycles. The quantitative estimate of drug-likeness (QED) is 0.550. The summed E-state index contributed by atoms with van der Waals surface area (Å²) in [5, 5.41) is 5.15. The molecule has 8 nitrogen and oxygen atoms in total. The Bertz CT molecular complexity index is 1370. The zero-order chi connectivity index (χ0) is 24.0. The Labute approximate surface area is 197 Å². The number of rotatable bonds is 6. The van der Waals surface area contributed by atoms with Crippen LogP contribution in [-0.2, 0) is 31.3 Å². The second kappa shape index (κ2) is 8.23. The molecule has 0 spiro atoms. The summed E-state index contributed by atoms with van der Waals surface area (Å²) in [5.41, 5.74) is 1.55. The van der Waals surface area contributed by atoms with Gasteiger partial charge in [0.1, 0.15) is 0 Å². The largest absolute Gasteiger partial charge is 0.301 e. The monoisotopic (exact) mass is 505 g/mol. The Morgan fingerprint density at radius 1 is 1.09 bits per heavy atom. The minimum Gasteiger partial charge on any atom is -0.301 e. The second-order valence-corrected chi connectivity index (χ2v) is 13.1. The van der Waals surface area contributed by atoms with Crippen molar-refractivity contribution in [3.8, 4) is 0 Å². The summed E-state index contributed by atoms with van der Waals surface area (Å²) < 4.78 is 49.7. The molecule has 3 aromatic rings. The number of fused-ring (bicyclic) bond motifs is 1. The van der Waals surface area contributed by atoms with Crippen molar-refractivity contribution >= 4 is 48.1 Å². The summed E-state index contributed by atoms with van der Waals surface area (Å²) >= 11 is 1.32. The maximum Gasteiger partial charge on any atom is 0.245 e. The van der Waals surface area contributed by atoms with Crippen LogP contribution in [0.3, 0.4) is 0 Å². The number of thiazole rings is 1. The average molecular weight is 506 g/mol. The van der Waals surface area contributed by atoms with Crippen molar-refractivity contribution in [1.29, 1.82) is 0 Å².